The SMILES string of the molecule is Cc1cc(S(=O)(=O)N2C[C@H](CC(C)(C)C#N)Oc3ccc(N(C(=O)[O-])C(C)(C)C(F)(F)F)cc32)ccc1F. The van der Waals surface area contributed by atoms with Gasteiger partial charge in [0.2, 0.25) is 0 Å². The van der Waals surface area contributed by atoms with Crippen LogP contribution in [0.15, 0.2) is 41.3 Å². The summed E-state index contributed by atoms with van der Waals surface area (Å²) in [5, 5.41) is 21.3. The molecule has 0 fully saturated rings. The Morgan fingerprint density at radius 3 is 2.34 bits per heavy atom. The minimum atomic E-state index is -5.00. The quantitative estimate of drug-likeness (QED) is 0.484. The lowest BCUT2D eigenvalue weighted by atomic mass is 9.88. The van der Waals surface area contributed by atoms with Gasteiger partial charge in [0.1, 0.15) is 29.3 Å². The van der Waals surface area contributed by atoms with Crippen LogP contribution >= 0.6 is 0 Å². The molecule has 13 heteroatoms. The van der Waals surface area contributed by atoms with Crippen molar-refractivity contribution in [2.45, 2.75) is 63.8 Å². The van der Waals surface area contributed by atoms with Crippen molar-refractivity contribution in [1.82, 2.24) is 0 Å². The molecule has 2 aromatic rings. The molecule has 1 heterocycles. The van der Waals surface area contributed by atoms with Crippen molar-refractivity contribution in [3.8, 4) is 11.8 Å². The Kier molecular flexibility index (Phi) is 7.37. The number of carbonyl (C=O) groups is 1. The molecule has 1 aliphatic rings. The highest BCUT2D eigenvalue weighted by Crippen LogP contribution is 2.44. The van der Waals surface area contributed by atoms with Crippen LogP contribution in [-0.4, -0.2) is 38.9 Å². The second kappa shape index (κ2) is 9.65. The molecule has 8 nitrogen and oxygen atoms in total. The summed E-state index contributed by atoms with van der Waals surface area (Å²) in [5.74, 6) is -0.689. The molecule has 0 saturated carbocycles. The third kappa shape index (κ3) is 5.36. The number of nitrogens with zero attached hydrogens (tertiary/aromatic N) is 3. The number of hydrogen-bond donors (Lipinski definition) is 0. The minimum Gasteiger partial charge on any atom is -0.530 e. The van der Waals surface area contributed by atoms with Crippen LogP contribution in [0.1, 0.15) is 39.7 Å². The van der Waals surface area contributed by atoms with Crippen LogP contribution in [0.3, 0.4) is 0 Å². The van der Waals surface area contributed by atoms with E-state index < -0.39 is 50.9 Å². The molecule has 0 saturated heterocycles. The summed E-state index contributed by atoms with van der Waals surface area (Å²) in [5.41, 5.74) is -4.51. The first-order chi connectivity index (χ1) is 17.3. The molecule has 0 unspecified atom stereocenters. The largest absolute Gasteiger partial charge is 0.530 e. The second-order valence-electron chi connectivity index (χ2n) is 10.2. The second-order valence-corrected chi connectivity index (χ2v) is 12.1. The van der Waals surface area contributed by atoms with E-state index >= 15 is 0 Å². The summed E-state index contributed by atoms with van der Waals surface area (Å²) in [7, 11) is -4.44. The molecule has 0 N–H and O–H groups in total. The molecule has 1 aliphatic heterocycles. The number of aryl methyl sites for hydroxylation is 1. The molecule has 38 heavy (non-hydrogen) atoms. The molecule has 2 aromatic carbocycles. The molecular formula is C25H26F4N3O5S-. The van der Waals surface area contributed by atoms with E-state index in [4.69, 9.17) is 4.74 Å². The zero-order chi connectivity index (χ0) is 28.8. The fourth-order valence-corrected chi connectivity index (χ4v) is 5.66. The van der Waals surface area contributed by atoms with E-state index in [0.717, 1.165) is 40.7 Å². The standard InChI is InChI=1S/C25H27F4N3O5S/c1-15-10-18(7-8-19(15)26)38(35,36)31-13-17(12-23(2,3)14-30)37-21-9-6-16(11-20(21)31)32(22(33)34)24(4,5)25(27,28)29/h6-11,17H,12-13H2,1-5H3,(H,33,34)/p-1/t17-/m0/s1. The monoisotopic (exact) mass is 556 g/mol. The number of ether oxygens (including phenoxy) is 1. The smallest absolute Gasteiger partial charge is 0.411 e. The Morgan fingerprint density at radius 2 is 1.82 bits per heavy atom. The van der Waals surface area contributed by atoms with E-state index in [9.17, 15) is 41.1 Å². The number of nitriles is 1. The fraction of sp³-hybridized carbons (Fsp3) is 0.440. The molecule has 0 bridgehead atoms. The zero-order valence-electron chi connectivity index (χ0n) is 21.3. The number of benzene rings is 2. The van der Waals surface area contributed by atoms with Crippen molar-refractivity contribution in [3.05, 3.63) is 47.8 Å². The third-order valence-corrected chi connectivity index (χ3v) is 8.10. The number of amides is 1. The predicted molar refractivity (Wildman–Crippen MR) is 129 cm³/mol. The van der Waals surface area contributed by atoms with Gasteiger partial charge in [-0.15, -0.1) is 0 Å². The maximum absolute atomic E-state index is 13.9. The lowest BCUT2D eigenvalue weighted by Crippen LogP contribution is -2.60. The van der Waals surface area contributed by atoms with E-state index in [-0.39, 0.29) is 39.8 Å². The summed E-state index contributed by atoms with van der Waals surface area (Å²) in [6.45, 7) is 5.59. The van der Waals surface area contributed by atoms with Crippen LogP contribution in [0.4, 0.5) is 33.7 Å². The number of carboxylic acid groups (broad SMARTS) is 1. The number of halogens is 4. The maximum Gasteiger partial charge on any atom is 0.411 e. The Hall–Kier alpha value is -3.53. The summed E-state index contributed by atoms with van der Waals surface area (Å²) in [4.78, 5) is 11.6. The third-order valence-electron chi connectivity index (χ3n) is 6.33. The van der Waals surface area contributed by atoms with Crippen molar-refractivity contribution in [2.75, 3.05) is 15.7 Å². The zero-order valence-corrected chi connectivity index (χ0v) is 22.1. The first kappa shape index (κ1) is 29.0. The lowest BCUT2D eigenvalue weighted by Gasteiger charge is -2.42. The van der Waals surface area contributed by atoms with Gasteiger partial charge in [0.05, 0.1) is 28.6 Å². The minimum absolute atomic E-state index is 0.00893. The number of anilines is 2. The van der Waals surface area contributed by atoms with Crippen molar-refractivity contribution in [1.29, 1.82) is 5.26 Å². The first-order valence-corrected chi connectivity index (χ1v) is 12.8. The van der Waals surface area contributed by atoms with E-state index in [0.29, 0.717) is 13.8 Å². The number of carbonyl (C=O) groups excluding carboxylic acids is 1. The average molecular weight is 557 g/mol. The number of alkyl halides is 3. The van der Waals surface area contributed by atoms with Gasteiger partial charge in [-0.3, -0.25) is 4.31 Å². The molecule has 0 aliphatic carbocycles. The fourth-order valence-electron chi connectivity index (χ4n) is 4.08. The van der Waals surface area contributed by atoms with Gasteiger partial charge < -0.3 is 19.5 Å². The lowest BCUT2D eigenvalue weighted by molar-refractivity contribution is -0.254. The van der Waals surface area contributed by atoms with E-state index in [1.54, 1.807) is 13.8 Å². The molecule has 1 amide bonds. The Labute approximate surface area is 218 Å². The van der Waals surface area contributed by atoms with Crippen LogP contribution in [0.25, 0.3) is 0 Å². The Morgan fingerprint density at radius 1 is 1.18 bits per heavy atom. The van der Waals surface area contributed by atoms with Crippen LogP contribution in [0.2, 0.25) is 0 Å². The normalized spacial score (nSPS) is 16.3. The predicted octanol–water partition coefficient (Wildman–Crippen LogP) is 4.52. The van der Waals surface area contributed by atoms with Gasteiger partial charge in [-0.1, -0.05) is 0 Å². The highest BCUT2D eigenvalue weighted by Gasteiger charge is 2.52. The number of rotatable bonds is 6. The van der Waals surface area contributed by atoms with Crippen molar-refractivity contribution in [2.24, 2.45) is 5.41 Å². The van der Waals surface area contributed by atoms with E-state index in [2.05, 4.69) is 6.07 Å². The number of hydrogen-bond acceptors (Lipinski definition) is 6. The van der Waals surface area contributed by atoms with Gasteiger partial charge in [0.15, 0.2) is 0 Å². The van der Waals surface area contributed by atoms with Gasteiger partial charge in [-0.25, -0.2) is 12.8 Å². The van der Waals surface area contributed by atoms with Gasteiger partial charge in [0.25, 0.3) is 10.0 Å². The molecule has 0 aromatic heterocycles. The topological polar surface area (TPSA) is 114 Å². The Bertz CT molecular complexity index is 1400. The van der Waals surface area contributed by atoms with Crippen LogP contribution in [0, 0.1) is 29.5 Å². The highest BCUT2D eigenvalue weighted by molar-refractivity contribution is 7.92. The molecule has 0 spiro atoms. The summed E-state index contributed by atoms with van der Waals surface area (Å²) in [6.07, 6.45) is -7.87. The van der Waals surface area contributed by atoms with Crippen LogP contribution in [0.5, 0.6) is 5.75 Å². The maximum atomic E-state index is 13.9. The van der Waals surface area contributed by atoms with Crippen LogP contribution in [-0.2, 0) is 10.0 Å². The number of sulfonamides is 1. The molecule has 3 rings (SSSR count). The van der Waals surface area contributed by atoms with Gasteiger partial charge in [-0.05, 0) is 76.6 Å². The van der Waals surface area contributed by atoms with Gasteiger partial charge >= 0.3 is 6.18 Å². The molecular weight excluding hydrogens is 530 g/mol. The molecule has 206 valence electrons. The summed E-state index contributed by atoms with van der Waals surface area (Å²) in [6, 6.07) is 8.40. The highest BCUT2D eigenvalue weighted by atomic mass is 32.2. The van der Waals surface area contributed by atoms with Gasteiger partial charge in [-0.2, -0.15) is 18.4 Å². The van der Waals surface area contributed by atoms with Gasteiger partial charge in [0, 0.05) is 12.1 Å². The van der Waals surface area contributed by atoms with Crippen molar-refractivity contribution in [3.63, 3.8) is 0 Å². The number of fused-ring (bicyclic) bond motifs is 1. The van der Waals surface area contributed by atoms with E-state index in [1.165, 1.54) is 6.92 Å². The van der Waals surface area contributed by atoms with Crippen molar-refractivity contribution >= 4 is 27.5 Å². The van der Waals surface area contributed by atoms with E-state index in [1.807, 2.05) is 0 Å². The van der Waals surface area contributed by atoms with Crippen molar-refractivity contribution < 1.29 is 40.6 Å². The summed E-state index contributed by atoms with van der Waals surface area (Å²) >= 11 is 0. The average Bonchev–Trinajstić information content (AvgIpc) is 2.79. The molecule has 0 radical (unpaired) electrons. The summed E-state index contributed by atoms with van der Waals surface area (Å²) < 4.78 is 89.3. The van der Waals surface area contributed by atoms with Crippen LogP contribution < -0.4 is 19.0 Å². The first-order valence-electron chi connectivity index (χ1n) is 11.4. The Balaban J connectivity index is 2.21. The molecule has 1 atom stereocenters.